The highest BCUT2D eigenvalue weighted by Crippen LogP contribution is 2.22. The summed E-state index contributed by atoms with van der Waals surface area (Å²) in [7, 11) is 0. The molecule has 0 bridgehead atoms. The second-order valence-electron chi connectivity index (χ2n) is 6.15. The molecule has 0 N–H and O–H groups in total. The van der Waals surface area contributed by atoms with Gasteiger partial charge in [-0.3, -0.25) is 9.48 Å². The summed E-state index contributed by atoms with van der Waals surface area (Å²) in [4.78, 5) is 14.7. The van der Waals surface area contributed by atoms with Crippen LogP contribution in [0.4, 0.5) is 4.39 Å². The van der Waals surface area contributed by atoms with E-state index in [4.69, 9.17) is 0 Å². The highest BCUT2D eigenvalue weighted by Gasteiger charge is 2.30. The Hall–Kier alpha value is -2.96. The van der Waals surface area contributed by atoms with Crippen molar-refractivity contribution in [2.45, 2.75) is 25.4 Å². The number of amides is 1. The first-order valence-corrected chi connectivity index (χ1v) is 8.30. The molecule has 0 spiro atoms. The van der Waals surface area contributed by atoms with Crippen molar-refractivity contribution in [1.29, 1.82) is 0 Å². The first kappa shape index (κ1) is 15.6. The van der Waals surface area contributed by atoms with Crippen LogP contribution in [0.1, 0.15) is 23.2 Å². The molecule has 6 nitrogen and oxygen atoms in total. The highest BCUT2D eigenvalue weighted by atomic mass is 19.1. The summed E-state index contributed by atoms with van der Waals surface area (Å²) < 4.78 is 17.1. The van der Waals surface area contributed by atoms with E-state index in [0.29, 0.717) is 17.8 Å². The van der Waals surface area contributed by atoms with Crippen molar-refractivity contribution in [3.05, 3.63) is 66.5 Å². The molecule has 7 heteroatoms. The molecule has 3 heterocycles. The molecule has 1 aliphatic rings. The molecule has 1 aromatic carbocycles. The Kier molecular flexibility index (Phi) is 4.05. The number of carbonyl (C=O) groups excluding carboxylic acids is 1. The molecular weight excluding hydrogens is 321 g/mol. The van der Waals surface area contributed by atoms with Gasteiger partial charge in [0.2, 0.25) is 0 Å². The Bertz CT molecular complexity index is 873. The van der Waals surface area contributed by atoms with Gasteiger partial charge < -0.3 is 4.90 Å². The largest absolute Gasteiger partial charge is 0.334 e. The summed E-state index contributed by atoms with van der Waals surface area (Å²) in [5, 5.41) is 8.37. The predicted octanol–water partition coefficient (Wildman–Crippen LogP) is 2.51. The number of para-hydroxylation sites is 1. The van der Waals surface area contributed by atoms with Crippen LogP contribution in [0.3, 0.4) is 0 Å². The molecule has 0 unspecified atom stereocenters. The second kappa shape index (κ2) is 6.51. The zero-order valence-electron chi connectivity index (χ0n) is 13.6. The van der Waals surface area contributed by atoms with E-state index in [1.807, 2.05) is 21.8 Å². The number of hydrogen-bond acceptors (Lipinski definition) is 3. The topological polar surface area (TPSA) is 56.0 Å². The van der Waals surface area contributed by atoms with Crippen molar-refractivity contribution in [2.24, 2.45) is 0 Å². The summed E-state index contributed by atoms with van der Waals surface area (Å²) in [6.45, 7) is 1.40. The standard InChI is InChI=1S/C18H18FN5O/c19-16-6-1-2-7-17(16)24-12-14(11-21-24)18(25)23-10-3-5-15(23)13-22-9-4-8-20-22/h1-2,4,6-9,11-12,15H,3,5,10,13H2/t15-/m1/s1. The van der Waals surface area contributed by atoms with Crippen LogP contribution >= 0.6 is 0 Å². The minimum absolute atomic E-state index is 0.0720. The lowest BCUT2D eigenvalue weighted by molar-refractivity contribution is 0.0721. The van der Waals surface area contributed by atoms with E-state index in [9.17, 15) is 9.18 Å². The van der Waals surface area contributed by atoms with Crippen LogP contribution < -0.4 is 0 Å². The normalized spacial score (nSPS) is 17.2. The number of aromatic nitrogens is 4. The fourth-order valence-corrected chi connectivity index (χ4v) is 3.29. The van der Waals surface area contributed by atoms with Gasteiger partial charge in [-0.1, -0.05) is 12.1 Å². The molecule has 128 valence electrons. The van der Waals surface area contributed by atoms with E-state index in [1.165, 1.54) is 16.9 Å². The SMILES string of the molecule is O=C(c1cnn(-c2ccccc2F)c1)N1CCC[C@@H]1Cn1cccn1. The summed E-state index contributed by atoms with van der Waals surface area (Å²) in [5.74, 6) is -0.445. The maximum Gasteiger partial charge on any atom is 0.257 e. The third-order valence-electron chi connectivity index (χ3n) is 4.52. The van der Waals surface area contributed by atoms with Gasteiger partial charge in [-0.2, -0.15) is 10.2 Å². The molecule has 1 fully saturated rings. The monoisotopic (exact) mass is 339 g/mol. The first-order chi connectivity index (χ1) is 12.2. The van der Waals surface area contributed by atoms with Gasteiger partial charge in [-0.25, -0.2) is 9.07 Å². The van der Waals surface area contributed by atoms with Crippen LogP contribution in [0.5, 0.6) is 0 Å². The van der Waals surface area contributed by atoms with E-state index >= 15 is 0 Å². The zero-order valence-corrected chi connectivity index (χ0v) is 13.6. The van der Waals surface area contributed by atoms with E-state index in [1.54, 1.807) is 30.6 Å². The van der Waals surface area contributed by atoms with Gasteiger partial charge in [0.25, 0.3) is 5.91 Å². The summed E-state index contributed by atoms with van der Waals surface area (Å²) >= 11 is 0. The molecule has 0 aliphatic carbocycles. The molecule has 1 saturated heterocycles. The molecule has 0 saturated carbocycles. The van der Waals surface area contributed by atoms with Gasteiger partial charge in [0, 0.05) is 25.1 Å². The third kappa shape index (κ3) is 3.05. The third-order valence-corrected chi connectivity index (χ3v) is 4.52. The number of likely N-dealkylation sites (tertiary alicyclic amines) is 1. The van der Waals surface area contributed by atoms with E-state index < -0.39 is 0 Å². The molecule has 0 radical (unpaired) electrons. The molecule has 25 heavy (non-hydrogen) atoms. The average molecular weight is 339 g/mol. The number of carbonyl (C=O) groups is 1. The number of benzene rings is 1. The fraction of sp³-hybridized carbons (Fsp3) is 0.278. The predicted molar refractivity (Wildman–Crippen MR) is 89.8 cm³/mol. The Morgan fingerprint density at radius 2 is 2.12 bits per heavy atom. The Morgan fingerprint density at radius 3 is 2.92 bits per heavy atom. The zero-order chi connectivity index (χ0) is 17.2. The fourth-order valence-electron chi connectivity index (χ4n) is 3.29. The van der Waals surface area contributed by atoms with Crippen molar-refractivity contribution < 1.29 is 9.18 Å². The van der Waals surface area contributed by atoms with Crippen LogP contribution in [0, 0.1) is 5.82 Å². The quantitative estimate of drug-likeness (QED) is 0.734. The smallest absolute Gasteiger partial charge is 0.257 e. The highest BCUT2D eigenvalue weighted by molar-refractivity contribution is 5.94. The van der Waals surface area contributed by atoms with Crippen molar-refractivity contribution in [3.63, 3.8) is 0 Å². The van der Waals surface area contributed by atoms with Gasteiger partial charge in [-0.15, -0.1) is 0 Å². The number of halogens is 1. The van der Waals surface area contributed by atoms with Crippen LogP contribution in [0.2, 0.25) is 0 Å². The van der Waals surface area contributed by atoms with Gasteiger partial charge in [0.15, 0.2) is 0 Å². The van der Waals surface area contributed by atoms with E-state index in [2.05, 4.69) is 10.2 Å². The van der Waals surface area contributed by atoms with Crippen molar-refractivity contribution >= 4 is 5.91 Å². The molecule has 3 aromatic rings. The maximum atomic E-state index is 13.9. The molecule has 1 atom stereocenters. The number of hydrogen-bond donors (Lipinski definition) is 0. The minimum Gasteiger partial charge on any atom is -0.334 e. The second-order valence-corrected chi connectivity index (χ2v) is 6.15. The molecule has 1 amide bonds. The van der Waals surface area contributed by atoms with Gasteiger partial charge >= 0.3 is 0 Å². The average Bonchev–Trinajstić information content (AvgIpc) is 3.37. The molecule has 4 rings (SSSR count). The molecule has 2 aromatic heterocycles. The summed E-state index contributed by atoms with van der Waals surface area (Å²) in [6, 6.07) is 8.36. The van der Waals surface area contributed by atoms with E-state index in [0.717, 1.165) is 19.4 Å². The van der Waals surface area contributed by atoms with Crippen LogP contribution in [-0.2, 0) is 6.54 Å². The summed E-state index contributed by atoms with van der Waals surface area (Å²) in [6.07, 6.45) is 8.64. The van der Waals surface area contributed by atoms with Crippen molar-refractivity contribution in [3.8, 4) is 5.69 Å². The van der Waals surface area contributed by atoms with Crippen LogP contribution in [-0.4, -0.2) is 43.0 Å². The lowest BCUT2D eigenvalue weighted by Crippen LogP contribution is -2.38. The number of rotatable bonds is 4. The van der Waals surface area contributed by atoms with Gasteiger partial charge in [-0.05, 0) is 31.0 Å². The van der Waals surface area contributed by atoms with Crippen LogP contribution in [0.25, 0.3) is 5.69 Å². The van der Waals surface area contributed by atoms with Gasteiger partial charge in [0.1, 0.15) is 11.5 Å². The maximum absolute atomic E-state index is 13.9. The molecular formula is C18H18FN5O. The van der Waals surface area contributed by atoms with Crippen molar-refractivity contribution in [2.75, 3.05) is 6.54 Å². The van der Waals surface area contributed by atoms with E-state index in [-0.39, 0.29) is 17.8 Å². The number of nitrogens with zero attached hydrogens (tertiary/aromatic N) is 5. The first-order valence-electron chi connectivity index (χ1n) is 8.30. The minimum atomic E-state index is -0.373. The van der Waals surface area contributed by atoms with Crippen molar-refractivity contribution in [1.82, 2.24) is 24.5 Å². The Labute approximate surface area is 144 Å². The Morgan fingerprint density at radius 1 is 1.24 bits per heavy atom. The van der Waals surface area contributed by atoms with Gasteiger partial charge in [0.05, 0.1) is 24.3 Å². The van der Waals surface area contributed by atoms with Crippen LogP contribution in [0.15, 0.2) is 55.1 Å². The summed E-state index contributed by atoms with van der Waals surface area (Å²) in [5.41, 5.74) is 0.798. The molecule has 1 aliphatic heterocycles. The lowest BCUT2D eigenvalue weighted by Gasteiger charge is -2.24. The Balaban J connectivity index is 1.54. The lowest BCUT2D eigenvalue weighted by atomic mass is 10.2.